The standard InChI is InChI=1S/C21H21ClN4O2/c1-2-18(15-5-7-16(22)8-6-15)25-9-11-26(12-10-25)21-17(14-23)24-20(28-21)19-4-3-13-27-19/h3-8,13,18H,2,9-12H2,1H3. The number of halogens is 1. The van der Waals surface area contributed by atoms with Crippen LogP contribution in [0.5, 0.6) is 0 Å². The Balaban J connectivity index is 1.48. The second-order valence-electron chi connectivity index (χ2n) is 6.76. The zero-order valence-corrected chi connectivity index (χ0v) is 16.4. The number of oxazole rings is 1. The van der Waals surface area contributed by atoms with Crippen molar-refractivity contribution in [3.63, 3.8) is 0 Å². The van der Waals surface area contributed by atoms with Crippen molar-refractivity contribution in [1.29, 1.82) is 5.26 Å². The fraction of sp³-hybridized carbons (Fsp3) is 0.333. The lowest BCUT2D eigenvalue weighted by atomic mass is 10.0. The molecular weight excluding hydrogens is 376 g/mol. The Kier molecular flexibility index (Phi) is 5.38. The molecule has 1 aromatic carbocycles. The SMILES string of the molecule is CCC(c1ccc(Cl)cc1)N1CCN(c2oc(-c3ccco3)nc2C#N)CC1. The molecule has 3 heterocycles. The Morgan fingerprint density at radius 3 is 2.54 bits per heavy atom. The first-order chi connectivity index (χ1) is 13.7. The third-order valence-electron chi connectivity index (χ3n) is 5.13. The quantitative estimate of drug-likeness (QED) is 0.620. The highest BCUT2D eigenvalue weighted by Crippen LogP contribution is 2.31. The number of benzene rings is 1. The summed E-state index contributed by atoms with van der Waals surface area (Å²) >= 11 is 6.03. The lowest BCUT2D eigenvalue weighted by Crippen LogP contribution is -2.47. The van der Waals surface area contributed by atoms with Gasteiger partial charge in [-0.25, -0.2) is 0 Å². The number of piperazine rings is 1. The van der Waals surface area contributed by atoms with E-state index in [1.807, 2.05) is 12.1 Å². The molecule has 1 atom stereocenters. The van der Waals surface area contributed by atoms with Crippen LogP contribution in [0.2, 0.25) is 5.02 Å². The number of anilines is 1. The maximum absolute atomic E-state index is 9.46. The molecule has 1 fully saturated rings. The number of nitrogens with zero attached hydrogens (tertiary/aromatic N) is 4. The summed E-state index contributed by atoms with van der Waals surface area (Å²) < 4.78 is 11.2. The van der Waals surface area contributed by atoms with E-state index in [2.05, 4.69) is 39.9 Å². The number of furan rings is 1. The fourth-order valence-electron chi connectivity index (χ4n) is 3.73. The number of rotatable bonds is 5. The van der Waals surface area contributed by atoms with Gasteiger partial charge in [-0.15, -0.1) is 0 Å². The van der Waals surface area contributed by atoms with E-state index in [0.29, 0.717) is 29.3 Å². The highest BCUT2D eigenvalue weighted by molar-refractivity contribution is 6.30. The van der Waals surface area contributed by atoms with Crippen molar-refractivity contribution in [2.75, 3.05) is 31.1 Å². The lowest BCUT2D eigenvalue weighted by Gasteiger charge is -2.39. The van der Waals surface area contributed by atoms with Crippen molar-refractivity contribution < 1.29 is 8.83 Å². The normalized spacial score (nSPS) is 16.1. The third kappa shape index (κ3) is 3.64. The summed E-state index contributed by atoms with van der Waals surface area (Å²) in [5.74, 6) is 1.38. The molecule has 1 saturated heterocycles. The average molecular weight is 397 g/mol. The number of hydrogen-bond acceptors (Lipinski definition) is 6. The van der Waals surface area contributed by atoms with Crippen LogP contribution in [0.25, 0.3) is 11.7 Å². The van der Waals surface area contributed by atoms with Gasteiger partial charge in [-0.05, 0) is 36.2 Å². The second-order valence-corrected chi connectivity index (χ2v) is 7.20. The van der Waals surface area contributed by atoms with E-state index in [4.69, 9.17) is 20.4 Å². The van der Waals surface area contributed by atoms with Crippen molar-refractivity contribution in [3.05, 3.63) is 58.9 Å². The van der Waals surface area contributed by atoms with Crippen LogP contribution in [0.15, 0.2) is 51.5 Å². The molecule has 0 amide bonds. The van der Waals surface area contributed by atoms with Gasteiger partial charge in [-0.3, -0.25) is 4.90 Å². The summed E-state index contributed by atoms with van der Waals surface area (Å²) in [6.07, 6.45) is 2.59. The first kappa shape index (κ1) is 18.6. The zero-order valence-electron chi connectivity index (χ0n) is 15.6. The summed E-state index contributed by atoms with van der Waals surface area (Å²) in [5.41, 5.74) is 1.57. The van der Waals surface area contributed by atoms with Gasteiger partial charge in [0.05, 0.1) is 6.26 Å². The third-order valence-corrected chi connectivity index (χ3v) is 5.38. The first-order valence-corrected chi connectivity index (χ1v) is 9.76. The molecule has 2 aromatic heterocycles. The summed E-state index contributed by atoms with van der Waals surface area (Å²) in [5, 5.41) is 10.2. The first-order valence-electron chi connectivity index (χ1n) is 9.39. The summed E-state index contributed by atoms with van der Waals surface area (Å²) in [6, 6.07) is 14.1. The van der Waals surface area contributed by atoms with Crippen molar-refractivity contribution in [3.8, 4) is 17.7 Å². The van der Waals surface area contributed by atoms with Crippen molar-refractivity contribution in [2.24, 2.45) is 0 Å². The van der Waals surface area contributed by atoms with Crippen LogP contribution in [0.4, 0.5) is 5.88 Å². The summed E-state index contributed by atoms with van der Waals surface area (Å²) in [7, 11) is 0. The number of nitriles is 1. The van der Waals surface area contributed by atoms with Gasteiger partial charge < -0.3 is 13.7 Å². The molecule has 0 aliphatic carbocycles. The zero-order chi connectivity index (χ0) is 19.5. The smallest absolute Gasteiger partial charge is 0.266 e. The highest BCUT2D eigenvalue weighted by Gasteiger charge is 2.28. The van der Waals surface area contributed by atoms with Gasteiger partial charge >= 0.3 is 0 Å². The van der Waals surface area contributed by atoms with Crippen LogP contribution in [0.3, 0.4) is 0 Å². The van der Waals surface area contributed by atoms with Crippen LogP contribution in [-0.4, -0.2) is 36.1 Å². The van der Waals surface area contributed by atoms with E-state index in [1.165, 1.54) is 5.56 Å². The van der Waals surface area contributed by atoms with Gasteiger partial charge in [-0.2, -0.15) is 10.2 Å². The minimum absolute atomic E-state index is 0.296. The molecule has 0 saturated carbocycles. The molecule has 0 bridgehead atoms. The van der Waals surface area contributed by atoms with Crippen molar-refractivity contribution in [2.45, 2.75) is 19.4 Å². The van der Waals surface area contributed by atoms with Gasteiger partial charge in [0.2, 0.25) is 11.6 Å². The van der Waals surface area contributed by atoms with Crippen LogP contribution in [0, 0.1) is 11.3 Å². The van der Waals surface area contributed by atoms with Crippen LogP contribution in [0.1, 0.15) is 30.6 Å². The maximum atomic E-state index is 9.46. The molecule has 28 heavy (non-hydrogen) atoms. The van der Waals surface area contributed by atoms with Gasteiger partial charge in [0.1, 0.15) is 6.07 Å². The average Bonchev–Trinajstić information content (AvgIpc) is 3.40. The Morgan fingerprint density at radius 2 is 1.93 bits per heavy atom. The fourth-order valence-corrected chi connectivity index (χ4v) is 3.86. The molecule has 0 spiro atoms. The Labute approximate surface area is 168 Å². The molecule has 1 aliphatic heterocycles. The van der Waals surface area contributed by atoms with Crippen LogP contribution < -0.4 is 4.90 Å². The largest absolute Gasteiger partial charge is 0.459 e. The molecule has 0 N–H and O–H groups in total. The van der Waals surface area contributed by atoms with Gasteiger partial charge in [0, 0.05) is 37.2 Å². The van der Waals surface area contributed by atoms with Crippen LogP contribution in [-0.2, 0) is 0 Å². The number of aromatic nitrogens is 1. The molecule has 1 unspecified atom stereocenters. The highest BCUT2D eigenvalue weighted by atomic mass is 35.5. The van der Waals surface area contributed by atoms with Crippen LogP contribution >= 0.6 is 11.6 Å². The van der Waals surface area contributed by atoms with E-state index in [-0.39, 0.29) is 0 Å². The predicted octanol–water partition coefficient (Wildman–Crippen LogP) is 4.73. The molecule has 144 valence electrons. The monoisotopic (exact) mass is 396 g/mol. The molecular formula is C21H21ClN4O2. The van der Waals surface area contributed by atoms with Gasteiger partial charge in [-0.1, -0.05) is 30.7 Å². The number of hydrogen-bond donors (Lipinski definition) is 0. The molecule has 0 radical (unpaired) electrons. The molecule has 7 heteroatoms. The Hall–Kier alpha value is -2.75. The second kappa shape index (κ2) is 8.09. The molecule has 6 nitrogen and oxygen atoms in total. The lowest BCUT2D eigenvalue weighted by molar-refractivity contribution is 0.179. The van der Waals surface area contributed by atoms with E-state index >= 15 is 0 Å². The molecule has 3 aromatic rings. The van der Waals surface area contributed by atoms with Gasteiger partial charge in [0.15, 0.2) is 5.76 Å². The van der Waals surface area contributed by atoms with E-state index in [0.717, 1.165) is 37.6 Å². The van der Waals surface area contributed by atoms with Gasteiger partial charge in [0.25, 0.3) is 5.89 Å². The minimum atomic E-state index is 0.296. The summed E-state index contributed by atoms with van der Waals surface area (Å²) in [4.78, 5) is 8.84. The molecule has 1 aliphatic rings. The van der Waals surface area contributed by atoms with Crippen molar-refractivity contribution >= 4 is 17.5 Å². The Bertz CT molecular complexity index is 951. The van der Waals surface area contributed by atoms with E-state index in [9.17, 15) is 5.26 Å². The topological polar surface area (TPSA) is 69.4 Å². The summed E-state index contributed by atoms with van der Waals surface area (Å²) in [6.45, 7) is 5.49. The maximum Gasteiger partial charge on any atom is 0.266 e. The van der Waals surface area contributed by atoms with E-state index in [1.54, 1.807) is 18.4 Å². The van der Waals surface area contributed by atoms with E-state index < -0.39 is 0 Å². The molecule has 4 rings (SSSR count). The minimum Gasteiger partial charge on any atom is -0.459 e. The predicted molar refractivity (Wildman–Crippen MR) is 107 cm³/mol. The Morgan fingerprint density at radius 1 is 1.18 bits per heavy atom. The van der Waals surface area contributed by atoms with Crippen molar-refractivity contribution in [1.82, 2.24) is 9.88 Å².